The summed E-state index contributed by atoms with van der Waals surface area (Å²) in [5.74, 6) is 0. The van der Waals surface area contributed by atoms with Gasteiger partial charge in [-0.1, -0.05) is 17.0 Å². The molecule has 0 fully saturated rings. The smallest absolute Gasteiger partial charge is 0.158 e. The number of nitrogens with zero attached hydrogens (tertiary/aromatic N) is 8. The molecular weight excluding hydrogens is 452 g/mol. The summed E-state index contributed by atoms with van der Waals surface area (Å²) in [5.41, 5.74) is 1.18. The first-order chi connectivity index (χ1) is 15.8. The van der Waals surface area contributed by atoms with Crippen molar-refractivity contribution in [3.8, 4) is 0 Å². The van der Waals surface area contributed by atoms with Gasteiger partial charge in [0.1, 0.15) is 11.0 Å². The number of fused-ring (bicyclic) bond motifs is 1. The third-order valence-electron chi connectivity index (χ3n) is 5.46. The summed E-state index contributed by atoms with van der Waals surface area (Å²) < 4.78 is 0. The number of hydrogen-bond donors (Lipinski definition) is 0. The Morgan fingerprint density at radius 1 is 0.882 bits per heavy atom. The Morgan fingerprint density at radius 3 is 2.09 bits per heavy atom. The molecule has 0 bridgehead atoms. The van der Waals surface area contributed by atoms with Gasteiger partial charge >= 0.3 is 0 Å². The lowest BCUT2D eigenvalue weighted by molar-refractivity contribution is -0.0737. The van der Waals surface area contributed by atoms with Crippen molar-refractivity contribution in [3.63, 3.8) is 0 Å². The zero-order valence-electron chi connectivity index (χ0n) is 21.8. The summed E-state index contributed by atoms with van der Waals surface area (Å²) in [6.07, 6.45) is 4.71. The molecular formula is C24H43ClN8O. The van der Waals surface area contributed by atoms with E-state index in [4.69, 9.17) is 4.84 Å². The van der Waals surface area contributed by atoms with Gasteiger partial charge in [-0.3, -0.25) is 0 Å². The molecule has 34 heavy (non-hydrogen) atoms. The number of halogens is 1. The lowest BCUT2D eigenvalue weighted by Gasteiger charge is -2.32. The highest BCUT2D eigenvalue weighted by atomic mass is 35.5. The van der Waals surface area contributed by atoms with E-state index in [0.717, 1.165) is 69.3 Å². The van der Waals surface area contributed by atoms with Gasteiger partial charge < -0.3 is 19.5 Å². The molecule has 0 N–H and O–H groups in total. The van der Waals surface area contributed by atoms with E-state index >= 15 is 0 Å². The second kappa shape index (κ2) is 15.8. The van der Waals surface area contributed by atoms with Gasteiger partial charge in [0.15, 0.2) is 5.60 Å². The summed E-state index contributed by atoms with van der Waals surface area (Å²) in [6.45, 7) is 4.19. The maximum absolute atomic E-state index is 6.60. The van der Waals surface area contributed by atoms with E-state index in [1.807, 2.05) is 24.3 Å². The lowest BCUT2D eigenvalue weighted by Crippen LogP contribution is -2.45. The molecule has 0 atom stereocenters. The molecule has 0 saturated carbocycles. The fourth-order valence-corrected chi connectivity index (χ4v) is 3.68. The van der Waals surface area contributed by atoms with Crippen LogP contribution in [0.25, 0.3) is 11.0 Å². The van der Waals surface area contributed by atoms with Crippen molar-refractivity contribution < 1.29 is 4.84 Å². The van der Waals surface area contributed by atoms with Crippen molar-refractivity contribution >= 4 is 29.4 Å². The van der Waals surface area contributed by atoms with E-state index in [9.17, 15) is 0 Å². The van der Waals surface area contributed by atoms with Crippen LogP contribution in [0.1, 0.15) is 32.1 Å². The van der Waals surface area contributed by atoms with Crippen molar-refractivity contribution in [2.45, 2.75) is 37.7 Å². The van der Waals surface area contributed by atoms with Crippen LogP contribution in [0.4, 0.5) is 0 Å². The lowest BCUT2D eigenvalue weighted by atomic mass is 9.91. The topological polar surface area (TPSA) is 74.4 Å². The van der Waals surface area contributed by atoms with Crippen LogP contribution in [0.15, 0.2) is 34.3 Å². The Balaban J connectivity index is 0.00000578. The van der Waals surface area contributed by atoms with Gasteiger partial charge in [-0.15, -0.1) is 17.5 Å². The Hall–Kier alpha value is -2.03. The van der Waals surface area contributed by atoms with Gasteiger partial charge in [0, 0.05) is 0 Å². The Kier molecular flexibility index (Phi) is 13.9. The van der Waals surface area contributed by atoms with Gasteiger partial charge in [-0.05, 0) is 111 Å². The monoisotopic (exact) mass is 494 g/mol. The van der Waals surface area contributed by atoms with E-state index in [2.05, 4.69) is 83.3 Å². The van der Waals surface area contributed by atoms with Crippen LogP contribution in [0, 0.1) is 0 Å². The molecule has 2 rings (SSSR count). The summed E-state index contributed by atoms with van der Waals surface area (Å²) in [7, 11) is 12.5. The molecule has 9 nitrogen and oxygen atoms in total. The van der Waals surface area contributed by atoms with Crippen LogP contribution >= 0.6 is 12.4 Å². The van der Waals surface area contributed by atoms with Crippen molar-refractivity contribution in [2.24, 2.45) is 9.98 Å². The van der Waals surface area contributed by atoms with Crippen LogP contribution in [0.3, 0.4) is 0 Å². The molecule has 1 aromatic carbocycles. The maximum atomic E-state index is 6.60. The SMILES string of the molecule is CN(C)CCCN=C=NCC(CCCN(C)C)(CCCN(C)C)On1nnc2ccccc21.Cl. The maximum Gasteiger partial charge on any atom is 0.158 e. The molecule has 0 amide bonds. The summed E-state index contributed by atoms with van der Waals surface area (Å²) in [6, 6.07) is 10.8. The summed E-state index contributed by atoms with van der Waals surface area (Å²) in [4.78, 5) is 23.7. The van der Waals surface area contributed by atoms with Gasteiger partial charge in [-0.25, -0.2) is 9.98 Å². The van der Waals surface area contributed by atoms with Gasteiger partial charge in [0.05, 0.1) is 19.1 Å². The second-order valence-electron chi connectivity index (χ2n) is 9.49. The number of aromatic nitrogens is 3. The Bertz CT molecular complexity index is 863. The number of aliphatic imine (C=N–C) groups is 2. The van der Waals surface area contributed by atoms with Crippen LogP contribution in [0.2, 0.25) is 0 Å². The molecule has 0 unspecified atom stereocenters. The first kappa shape index (κ1) is 30.0. The molecule has 10 heteroatoms. The molecule has 0 aliphatic heterocycles. The molecule has 0 radical (unpaired) electrons. The normalized spacial score (nSPS) is 11.7. The molecule has 0 spiro atoms. The highest BCUT2D eigenvalue weighted by molar-refractivity contribution is 5.85. The van der Waals surface area contributed by atoms with Crippen LogP contribution in [-0.4, -0.2) is 116 Å². The zero-order chi connectivity index (χ0) is 24.1. The average molecular weight is 495 g/mol. The van der Waals surface area contributed by atoms with Crippen molar-refractivity contribution in [3.05, 3.63) is 24.3 Å². The van der Waals surface area contributed by atoms with Gasteiger partial charge in [0.2, 0.25) is 0 Å². The zero-order valence-corrected chi connectivity index (χ0v) is 22.6. The first-order valence-corrected chi connectivity index (χ1v) is 11.8. The number of hydrogen-bond acceptors (Lipinski definition) is 8. The van der Waals surface area contributed by atoms with Crippen LogP contribution in [-0.2, 0) is 0 Å². The van der Waals surface area contributed by atoms with E-state index < -0.39 is 5.60 Å². The molecule has 1 aromatic heterocycles. The van der Waals surface area contributed by atoms with E-state index in [-0.39, 0.29) is 12.4 Å². The predicted octanol–water partition coefficient (Wildman–Crippen LogP) is 2.83. The molecule has 1 heterocycles. The fraction of sp³-hybridized carbons (Fsp3) is 0.708. The minimum atomic E-state index is -0.505. The van der Waals surface area contributed by atoms with E-state index in [1.54, 1.807) is 4.85 Å². The van der Waals surface area contributed by atoms with Gasteiger partial charge in [-0.2, -0.15) is 0 Å². The van der Waals surface area contributed by atoms with Crippen LogP contribution < -0.4 is 4.84 Å². The van der Waals surface area contributed by atoms with Gasteiger partial charge in [0.25, 0.3) is 0 Å². The number of rotatable bonds is 16. The minimum absolute atomic E-state index is 0. The standard InChI is InChI=1S/C24H42N8O.ClH/c1-29(2)17-9-14-24(15-10-18-30(3)4,20-26-21-25-16-11-19-31(5)6)33-32-23-13-8-7-12-22(23)27-28-32;/h7-8,12-13H,9-11,14-20H2,1-6H3;1H. The molecule has 2 aromatic rings. The molecule has 0 saturated heterocycles. The van der Waals surface area contributed by atoms with E-state index in [1.165, 1.54) is 0 Å². The third-order valence-corrected chi connectivity index (χ3v) is 5.46. The second-order valence-corrected chi connectivity index (χ2v) is 9.49. The molecule has 192 valence electrons. The van der Waals surface area contributed by atoms with Crippen molar-refractivity contribution in [1.29, 1.82) is 0 Å². The Morgan fingerprint density at radius 2 is 1.47 bits per heavy atom. The predicted molar refractivity (Wildman–Crippen MR) is 142 cm³/mol. The van der Waals surface area contributed by atoms with Crippen molar-refractivity contribution in [1.82, 2.24) is 29.9 Å². The molecule has 0 aliphatic carbocycles. The highest BCUT2D eigenvalue weighted by Crippen LogP contribution is 2.24. The minimum Gasteiger partial charge on any atom is -0.386 e. The van der Waals surface area contributed by atoms with Crippen molar-refractivity contribution in [2.75, 3.05) is 75.0 Å². The fourth-order valence-electron chi connectivity index (χ4n) is 3.68. The Labute approximate surface area is 211 Å². The molecule has 0 aliphatic rings. The summed E-state index contributed by atoms with van der Waals surface area (Å²) >= 11 is 0. The quantitative estimate of drug-likeness (QED) is 0.264. The number of benzene rings is 1. The first-order valence-electron chi connectivity index (χ1n) is 11.8. The van der Waals surface area contributed by atoms with E-state index in [0.29, 0.717) is 6.54 Å². The average Bonchev–Trinajstić information content (AvgIpc) is 3.15. The highest BCUT2D eigenvalue weighted by Gasteiger charge is 2.34. The van der Waals surface area contributed by atoms with Crippen LogP contribution in [0.5, 0.6) is 0 Å². The summed E-state index contributed by atoms with van der Waals surface area (Å²) in [5, 5.41) is 8.55. The third kappa shape index (κ3) is 10.9. The largest absolute Gasteiger partial charge is 0.386 e. The number of para-hydroxylation sites is 1.